The summed E-state index contributed by atoms with van der Waals surface area (Å²) in [7, 11) is 0. The van der Waals surface area contributed by atoms with Gasteiger partial charge in [-0.1, -0.05) is 17.7 Å². The van der Waals surface area contributed by atoms with Gasteiger partial charge in [-0.15, -0.1) is 0 Å². The minimum Gasteiger partial charge on any atom is -0.482 e. The number of carbonyl (C=O) groups is 2. The normalized spacial score (nSPS) is 9.96. The Morgan fingerprint density at radius 1 is 1.00 bits per heavy atom. The highest BCUT2D eigenvalue weighted by Gasteiger charge is 2.14. The zero-order chi connectivity index (χ0) is 20.0. The van der Waals surface area contributed by atoms with Crippen molar-refractivity contribution in [2.75, 3.05) is 6.61 Å². The third kappa shape index (κ3) is 5.37. The predicted octanol–water partition coefficient (Wildman–Crippen LogP) is 2.00. The summed E-state index contributed by atoms with van der Waals surface area (Å²) < 4.78 is 5.11. The number of nitrogens with one attached hydrogen (secondary N) is 2. The van der Waals surface area contributed by atoms with E-state index in [1.54, 1.807) is 0 Å². The van der Waals surface area contributed by atoms with Crippen LogP contribution in [0.15, 0.2) is 42.5 Å². The van der Waals surface area contributed by atoms with Gasteiger partial charge in [0.1, 0.15) is 5.75 Å². The average molecular weight is 395 g/mol. The van der Waals surface area contributed by atoms with E-state index in [0.717, 1.165) is 18.2 Å². The summed E-state index contributed by atoms with van der Waals surface area (Å²) in [5, 5.41) is 21.2. The van der Waals surface area contributed by atoms with Gasteiger partial charge in [-0.3, -0.25) is 40.7 Å². The van der Waals surface area contributed by atoms with Crippen molar-refractivity contribution < 1.29 is 24.2 Å². The lowest BCUT2D eigenvalue weighted by molar-refractivity contribution is -0.385. The largest absolute Gasteiger partial charge is 0.482 e. The zero-order valence-electron chi connectivity index (χ0n) is 13.4. The van der Waals surface area contributed by atoms with Gasteiger partial charge < -0.3 is 4.74 Å². The fourth-order valence-corrected chi connectivity index (χ4v) is 2.09. The third-order valence-electron chi connectivity index (χ3n) is 3.12. The van der Waals surface area contributed by atoms with Crippen molar-refractivity contribution in [3.05, 3.63) is 73.3 Å². The quantitative estimate of drug-likeness (QED) is 0.560. The van der Waals surface area contributed by atoms with Gasteiger partial charge in [0.2, 0.25) is 0 Å². The van der Waals surface area contributed by atoms with Crippen molar-refractivity contribution in [3.63, 3.8) is 0 Å². The van der Waals surface area contributed by atoms with Crippen molar-refractivity contribution in [2.45, 2.75) is 0 Å². The number of hydrazine groups is 1. The molecule has 0 fully saturated rings. The molecule has 11 nitrogen and oxygen atoms in total. The molecule has 0 aliphatic carbocycles. The first kappa shape index (κ1) is 19.6. The number of nitro benzene ring substituents is 2. The molecule has 2 rings (SSSR count). The molecular formula is C15H11ClN4O7. The molecule has 140 valence electrons. The number of halogens is 1. The van der Waals surface area contributed by atoms with Crippen molar-refractivity contribution >= 4 is 34.8 Å². The summed E-state index contributed by atoms with van der Waals surface area (Å²) in [6, 6.07) is 8.39. The SMILES string of the molecule is O=C(COc1ccc([N+](=O)[O-])cc1Cl)NNC(=O)c1cccc([N+](=O)[O-])c1. The molecule has 27 heavy (non-hydrogen) atoms. The molecule has 0 aliphatic heterocycles. The molecule has 0 spiro atoms. The smallest absolute Gasteiger partial charge is 0.276 e. The monoisotopic (exact) mass is 394 g/mol. The summed E-state index contributed by atoms with van der Waals surface area (Å²) in [5.74, 6) is -1.47. The van der Waals surface area contributed by atoms with Crippen molar-refractivity contribution in [1.29, 1.82) is 0 Å². The Morgan fingerprint density at radius 3 is 2.30 bits per heavy atom. The maximum atomic E-state index is 11.9. The number of hydrogen-bond donors (Lipinski definition) is 2. The highest BCUT2D eigenvalue weighted by Crippen LogP contribution is 2.28. The van der Waals surface area contributed by atoms with E-state index in [9.17, 15) is 29.8 Å². The number of benzene rings is 2. The molecule has 0 aromatic heterocycles. The number of nitro groups is 2. The number of ether oxygens (including phenoxy) is 1. The topological polar surface area (TPSA) is 154 Å². The number of rotatable bonds is 6. The first-order valence-corrected chi connectivity index (χ1v) is 7.56. The Kier molecular flexibility index (Phi) is 6.23. The molecule has 2 N–H and O–H groups in total. The lowest BCUT2D eigenvalue weighted by Gasteiger charge is -2.09. The minimum atomic E-state index is -0.764. The molecule has 0 radical (unpaired) electrons. The Hall–Kier alpha value is -3.73. The van der Waals surface area contributed by atoms with E-state index >= 15 is 0 Å². The zero-order valence-corrected chi connectivity index (χ0v) is 14.1. The van der Waals surface area contributed by atoms with Gasteiger partial charge in [-0.2, -0.15) is 0 Å². The van der Waals surface area contributed by atoms with Crippen molar-refractivity contribution in [1.82, 2.24) is 10.9 Å². The molecule has 2 aromatic carbocycles. The molecule has 0 aliphatic rings. The first-order chi connectivity index (χ1) is 12.8. The number of hydrogen-bond acceptors (Lipinski definition) is 7. The van der Waals surface area contributed by atoms with Crippen LogP contribution in [0.3, 0.4) is 0 Å². The van der Waals surface area contributed by atoms with E-state index in [0.29, 0.717) is 0 Å². The first-order valence-electron chi connectivity index (χ1n) is 7.18. The molecular weight excluding hydrogens is 384 g/mol. The van der Waals surface area contributed by atoms with Crippen LogP contribution in [0.25, 0.3) is 0 Å². The second-order valence-electron chi connectivity index (χ2n) is 4.97. The Balaban J connectivity index is 1.87. The average Bonchev–Trinajstić information content (AvgIpc) is 2.64. The summed E-state index contributed by atoms with van der Waals surface area (Å²) in [6.07, 6.45) is 0. The molecule has 0 unspecified atom stereocenters. The van der Waals surface area contributed by atoms with Crippen LogP contribution >= 0.6 is 11.6 Å². The Bertz CT molecular complexity index is 919. The predicted molar refractivity (Wildman–Crippen MR) is 92.3 cm³/mol. The number of non-ortho nitro benzene ring substituents is 2. The van der Waals surface area contributed by atoms with Crippen LogP contribution in [-0.2, 0) is 4.79 Å². The fourth-order valence-electron chi connectivity index (χ4n) is 1.86. The van der Waals surface area contributed by atoms with Crippen LogP contribution in [-0.4, -0.2) is 28.3 Å². The summed E-state index contributed by atoms with van der Waals surface area (Å²) >= 11 is 5.82. The summed E-state index contributed by atoms with van der Waals surface area (Å²) in [6.45, 7) is -0.535. The van der Waals surface area contributed by atoms with E-state index < -0.39 is 28.3 Å². The lowest BCUT2D eigenvalue weighted by Crippen LogP contribution is -2.43. The van der Waals surface area contributed by atoms with Gasteiger partial charge in [-0.25, -0.2) is 0 Å². The number of amides is 2. The molecule has 0 heterocycles. The highest BCUT2D eigenvalue weighted by atomic mass is 35.5. The lowest BCUT2D eigenvalue weighted by atomic mass is 10.2. The van der Waals surface area contributed by atoms with E-state index in [1.165, 1.54) is 24.3 Å². The van der Waals surface area contributed by atoms with Gasteiger partial charge in [-0.05, 0) is 12.1 Å². The molecule has 0 bridgehead atoms. The van der Waals surface area contributed by atoms with Crippen LogP contribution in [0.4, 0.5) is 11.4 Å². The fraction of sp³-hybridized carbons (Fsp3) is 0.0667. The van der Waals surface area contributed by atoms with Crippen LogP contribution in [0.5, 0.6) is 5.75 Å². The molecule has 0 saturated heterocycles. The molecule has 0 saturated carbocycles. The summed E-state index contributed by atoms with van der Waals surface area (Å²) in [5.41, 5.74) is 3.61. The van der Waals surface area contributed by atoms with E-state index in [2.05, 4.69) is 10.9 Å². The van der Waals surface area contributed by atoms with Gasteiger partial charge in [0.15, 0.2) is 6.61 Å². The standard InChI is InChI=1S/C15H11ClN4O7/c16-12-7-11(20(25)26)4-5-13(12)27-8-14(21)17-18-15(22)9-2-1-3-10(6-9)19(23)24/h1-7H,8H2,(H,17,21)(H,18,22). The summed E-state index contributed by atoms with van der Waals surface area (Å²) in [4.78, 5) is 43.6. The Labute approximate surface area is 156 Å². The van der Waals surface area contributed by atoms with E-state index in [4.69, 9.17) is 16.3 Å². The second kappa shape index (κ2) is 8.58. The van der Waals surface area contributed by atoms with Crippen LogP contribution in [0, 0.1) is 20.2 Å². The molecule has 0 atom stereocenters. The van der Waals surface area contributed by atoms with Gasteiger partial charge >= 0.3 is 0 Å². The second-order valence-corrected chi connectivity index (χ2v) is 5.38. The van der Waals surface area contributed by atoms with E-state index in [1.807, 2.05) is 0 Å². The van der Waals surface area contributed by atoms with Gasteiger partial charge in [0.25, 0.3) is 23.2 Å². The third-order valence-corrected chi connectivity index (χ3v) is 3.42. The van der Waals surface area contributed by atoms with Crippen molar-refractivity contribution in [2.24, 2.45) is 0 Å². The van der Waals surface area contributed by atoms with Gasteiger partial charge in [0, 0.05) is 29.8 Å². The van der Waals surface area contributed by atoms with Gasteiger partial charge in [0.05, 0.1) is 14.9 Å². The van der Waals surface area contributed by atoms with Crippen molar-refractivity contribution in [3.8, 4) is 5.75 Å². The van der Waals surface area contributed by atoms with E-state index in [-0.39, 0.29) is 27.7 Å². The number of nitrogens with zero attached hydrogens (tertiary/aromatic N) is 2. The maximum Gasteiger partial charge on any atom is 0.276 e. The molecule has 2 aromatic rings. The van der Waals surface area contributed by atoms with Crippen LogP contribution < -0.4 is 15.6 Å². The molecule has 2 amide bonds. The molecule has 12 heteroatoms. The minimum absolute atomic E-state index is 0.0242. The maximum absolute atomic E-state index is 11.9. The van der Waals surface area contributed by atoms with Crippen LogP contribution in [0.1, 0.15) is 10.4 Å². The highest BCUT2D eigenvalue weighted by molar-refractivity contribution is 6.32. The number of carbonyl (C=O) groups excluding carboxylic acids is 2. The van der Waals surface area contributed by atoms with Crippen LogP contribution in [0.2, 0.25) is 5.02 Å². The Morgan fingerprint density at radius 2 is 1.67 bits per heavy atom.